The fourth-order valence-corrected chi connectivity index (χ4v) is 1.42. The Bertz CT molecular complexity index is 443. The van der Waals surface area contributed by atoms with Crippen molar-refractivity contribution in [1.82, 2.24) is 0 Å². The first-order valence-electron chi connectivity index (χ1n) is 4.83. The molecule has 0 saturated heterocycles. The first kappa shape index (κ1) is 13.1. The third-order valence-corrected chi connectivity index (χ3v) is 2.24. The lowest BCUT2D eigenvalue weighted by Gasteiger charge is -2.11. The Morgan fingerprint density at radius 3 is 2.47 bits per heavy atom. The van der Waals surface area contributed by atoms with Gasteiger partial charge in [0.05, 0.1) is 0 Å². The standard InChI is InChI=1S/C11H11FO5/c12-7-3-1-6(2-4-9(13)14)8(5-7)10(15)11(16)17/h1,3,5,10,15H,2,4H2,(H,13,14)(H,16,17). The summed E-state index contributed by atoms with van der Waals surface area (Å²) < 4.78 is 12.9. The molecule has 0 saturated carbocycles. The largest absolute Gasteiger partial charge is 0.481 e. The Morgan fingerprint density at radius 1 is 1.29 bits per heavy atom. The molecule has 1 unspecified atom stereocenters. The Morgan fingerprint density at radius 2 is 1.94 bits per heavy atom. The van der Waals surface area contributed by atoms with E-state index in [0.717, 1.165) is 12.1 Å². The number of carboxylic acids is 2. The Kier molecular flexibility index (Phi) is 4.17. The van der Waals surface area contributed by atoms with E-state index in [9.17, 15) is 19.1 Å². The lowest BCUT2D eigenvalue weighted by atomic mass is 9.98. The topological polar surface area (TPSA) is 94.8 Å². The minimum atomic E-state index is -1.85. The van der Waals surface area contributed by atoms with Crippen molar-refractivity contribution < 1.29 is 29.3 Å². The number of rotatable bonds is 5. The molecular formula is C11H11FO5. The molecule has 92 valence electrons. The number of benzene rings is 1. The number of aryl methyl sites for hydroxylation is 1. The van der Waals surface area contributed by atoms with E-state index in [2.05, 4.69) is 0 Å². The molecule has 5 nitrogen and oxygen atoms in total. The van der Waals surface area contributed by atoms with Gasteiger partial charge in [0.25, 0.3) is 0 Å². The number of carboxylic acid groups (broad SMARTS) is 2. The molecule has 0 heterocycles. The molecular weight excluding hydrogens is 231 g/mol. The van der Waals surface area contributed by atoms with Gasteiger partial charge in [-0.15, -0.1) is 0 Å². The molecule has 0 aliphatic carbocycles. The quantitative estimate of drug-likeness (QED) is 0.714. The summed E-state index contributed by atoms with van der Waals surface area (Å²) in [6.45, 7) is 0. The fraction of sp³-hybridized carbons (Fsp3) is 0.273. The predicted octanol–water partition coefficient (Wildman–Crippen LogP) is 0.961. The van der Waals surface area contributed by atoms with Gasteiger partial charge in [-0.3, -0.25) is 4.79 Å². The van der Waals surface area contributed by atoms with Gasteiger partial charge in [-0.1, -0.05) is 6.07 Å². The summed E-state index contributed by atoms with van der Waals surface area (Å²) in [7, 11) is 0. The zero-order valence-corrected chi connectivity index (χ0v) is 8.76. The molecule has 6 heteroatoms. The Hall–Kier alpha value is -1.95. The molecule has 17 heavy (non-hydrogen) atoms. The molecule has 0 bridgehead atoms. The van der Waals surface area contributed by atoms with Crippen molar-refractivity contribution >= 4 is 11.9 Å². The Balaban J connectivity index is 3.03. The SMILES string of the molecule is O=C(O)CCc1ccc(F)cc1C(O)C(=O)O. The van der Waals surface area contributed by atoms with Crippen LogP contribution < -0.4 is 0 Å². The van der Waals surface area contributed by atoms with E-state index in [4.69, 9.17) is 10.2 Å². The van der Waals surface area contributed by atoms with E-state index < -0.39 is 23.9 Å². The maximum atomic E-state index is 12.9. The van der Waals surface area contributed by atoms with Crippen LogP contribution in [0.2, 0.25) is 0 Å². The average Bonchev–Trinajstić information content (AvgIpc) is 2.26. The van der Waals surface area contributed by atoms with Crippen LogP contribution in [-0.2, 0) is 16.0 Å². The van der Waals surface area contributed by atoms with Crippen LogP contribution in [0.3, 0.4) is 0 Å². The minimum absolute atomic E-state index is 0.0370. The van der Waals surface area contributed by atoms with E-state index in [0.29, 0.717) is 5.56 Å². The highest BCUT2D eigenvalue weighted by Crippen LogP contribution is 2.21. The van der Waals surface area contributed by atoms with Crippen LogP contribution in [0.4, 0.5) is 4.39 Å². The van der Waals surface area contributed by atoms with Crippen LogP contribution in [0.1, 0.15) is 23.7 Å². The van der Waals surface area contributed by atoms with E-state index >= 15 is 0 Å². The van der Waals surface area contributed by atoms with Gasteiger partial charge in [-0.2, -0.15) is 0 Å². The minimum Gasteiger partial charge on any atom is -0.481 e. The van der Waals surface area contributed by atoms with Gasteiger partial charge in [0.15, 0.2) is 6.10 Å². The van der Waals surface area contributed by atoms with Gasteiger partial charge in [0.2, 0.25) is 0 Å². The molecule has 0 spiro atoms. The van der Waals surface area contributed by atoms with E-state index in [1.165, 1.54) is 6.07 Å². The molecule has 0 radical (unpaired) electrons. The highest BCUT2D eigenvalue weighted by molar-refractivity contribution is 5.74. The highest BCUT2D eigenvalue weighted by Gasteiger charge is 2.20. The summed E-state index contributed by atoms with van der Waals surface area (Å²) in [5.74, 6) is -3.24. The van der Waals surface area contributed by atoms with E-state index in [1.54, 1.807) is 0 Å². The number of aliphatic hydroxyl groups excluding tert-OH is 1. The lowest BCUT2D eigenvalue weighted by molar-refractivity contribution is -0.147. The second-order valence-corrected chi connectivity index (χ2v) is 3.48. The zero-order valence-electron chi connectivity index (χ0n) is 8.76. The van der Waals surface area contributed by atoms with Gasteiger partial charge in [0, 0.05) is 6.42 Å². The molecule has 0 aromatic heterocycles. The summed E-state index contributed by atoms with van der Waals surface area (Å²) in [6.07, 6.45) is -2.03. The molecule has 1 atom stereocenters. The first-order chi connectivity index (χ1) is 7.91. The summed E-state index contributed by atoms with van der Waals surface area (Å²) in [5.41, 5.74) is 0.197. The fourth-order valence-electron chi connectivity index (χ4n) is 1.42. The number of carbonyl (C=O) groups is 2. The smallest absolute Gasteiger partial charge is 0.337 e. The summed E-state index contributed by atoms with van der Waals surface area (Å²) >= 11 is 0. The van der Waals surface area contributed by atoms with Crippen LogP contribution in [0.15, 0.2) is 18.2 Å². The van der Waals surface area contributed by atoms with E-state index in [1.807, 2.05) is 0 Å². The second-order valence-electron chi connectivity index (χ2n) is 3.48. The van der Waals surface area contributed by atoms with Gasteiger partial charge in [0.1, 0.15) is 5.82 Å². The van der Waals surface area contributed by atoms with Crippen LogP contribution in [0, 0.1) is 5.82 Å². The normalized spacial score (nSPS) is 12.1. The molecule has 1 aromatic rings. The molecule has 0 aliphatic heterocycles. The van der Waals surface area contributed by atoms with Crippen LogP contribution >= 0.6 is 0 Å². The van der Waals surface area contributed by atoms with Crippen LogP contribution in [0.5, 0.6) is 0 Å². The number of aliphatic hydroxyl groups is 1. The third kappa shape index (κ3) is 3.53. The van der Waals surface area contributed by atoms with Crippen LogP contribution in [-0.4, -0.2) is 27.3 Å². The van der Waals surface area contributed by atoms with E-state index in [-0.39, 0.29) is 18.4 Å². The van der Waals surface area contributed by atoms with Crippen molar-refractivity contribution in [3.8, 4) is 0 Å². The molecule has 0 fully saturated rings. The van der Waals surface area contributed by atoms with Crippen LogP contribution in [0.25, 0.3) is 0 Å². The molecule has 0 amide bonds. The van der Waals surface area contributed by atoms with Gasteiger partial charge >= 0.3 is 11.9 Å². The van der Waals surface area contributed by atoms with Crippen molar-refractivity contribution in [2.45, 2.75) is 18.9 Å². The first-order valence-corrected chi connectivity index (χ1v) is 4.83. The molecule has 0 aliphatic rings. The lowest BCUT2D eigenvalue weighted by Crippen LogP contribution is -2.13. The molecule has 1 aromatic carbocycles. The highest BCUT2D eigenvalue weighted by atomic mass is 19.1. The predicted molar refractivity (Wildman–Crippen MR) is 55.0 cm³/mol. The second kappa shape index (κ2) is 5.40. The van der Waals surface area contributed by atoms with Gasteiger partial charge < -0.3 is 15.3 Å². The van der Waals surface area contributed by atoms with Crippen molar-refractivity contribution in [2.24, 2.45) is 0 Å². The number of hydrogen-bond acceptors (Lipinski definition) is 3. The summed E-state index contributed by atoms with van der Waals surface area (Å²) in [6, 6.07) is 3.27. The third-order valence-electron chi connectivity index (χ3n) is 2.24. The monoisotopic (exact) mass is 242 g/mol. The maximum Gasteiger partial charge on any atom is 0.337 e. The van der Waals surface area contributed by atoms with Crippen molar-refractivity contribution in [1.29, 1.82) is 0 Å². The molecule has 1 rings (SSSR count). The number of halogens is 1. The van der Waals surface area contributed by atoms with Gasteiger partial charge in [-0.05, 0) is 29.7 Å². The summed E-state index contributed by atoms with van der Waals surface area (Å²) in [4.78, 5) is 21.0. The number of aliphatic carboxylic acids is 2. The number of hydrogen-bond donors (Lipinski definition) is 3. The average molecular weight is 242 g/mol. The Labute approximate surface area is 96.1 Å². The summed E-state index contributed by atoms with van der Waals surface area (Å²) in [5, 5.41) is 26.5. The van der Waals surface area contributed by atoms with Gasteiger partial charge in [-0.25, -0.2) is 9.18 Å². The molecule has 3 N–H and O–H groups in total. The van der Waals surface area contributed by atoms with Crippen molar-refractivity contribution in [3.05, 3.63) is 35.1 Å². The zero-order chi connectivity index (χ0) is 13.0. The van der Waals surface area contributed by atoms with Crippen molar-refractivity contribution in [2.75, 3.05) is 0 Å². The van der Waals surface area contributed by atoms with Crippen molar-refractivity contribution in [3.63, 3.8) is 0 Å². The maximum absolute atomic E-state index is 12.9.